The molecule has 13 heteroatoms. The van der Waals surface area contributed by atoms with Gasteiger partial charge in [-0.1, -0.05) is 6.07 Å². The van der Waals surface area contributed by atoms with Gasteiger partial charge in [0.25, 0.3) is 10.0 Å². The van der Waals surface area contributed by atoms with Gasteiger partial charge in [-0.05, 0) is 24.6 Å². The van der Waals surface area contributed by atoms with Crippen LogP contribution in [0.4, 0.5) is 21.2 Å². The maximum atomic E-state index is 12.6. The van der Waals surface area contributed by atoms with Gasteiger partial charge in [0.05, 0.1) is 25.2 Å². The van der Waals surface area contributed by atoms with Gasteiger partial charge in [0, 0.05) is 12.7 Å². The molecule has 1 aromatic heterocycles. The van der Waals surface area contributed by atoms with Gasteiger partial charge in [0.15, 0.2) is 0 Å². The third-order valence-corrected chi connectivity index (χ3v) is 4.99. The number of carbonyl (C=O) groups excluding carboxylic acids is 2. The number of anilines is 2. The molecule has 0 fully saturated rings. The maximum absolute atomic E-state index is 12.6. The first-order chi connectivity index (χ1) is 13.7. The number of hydrogen-bond donors (Lipinski definition) is 4. The Balaban J connectivity index is 2.22. The fraction of sp³-hybridized carbons (Fsp3) is 0.250. The van der Waals surface area contributed by atoms with E-state index in [1.54, 1.807) is 6.92 Å². The second kappa shape index (κ2) is 9.05. The first-order valence-corrected chi connectivity index (χ1v) is 9.57. The molecule has 0 aliphatic carbocycles. The van der Waals surface area contributed by atoms with E-state index in [1.165, 1.54) is 45.5 Å². The predicted molar refractivity (Wildman–Crippen MR) is 104 cm³/mol. The summed E-state index contributed by atoms with van der Waals surface area (Å²) in [4.78, 5) is 31.2. The molecule has 0 bridgehead atoms. The molecule has 0 radical (unpaired) electrons. The SMILES string of the molecule is CNC(=O)Nc1ccc(C)c(S(=O)(=O)NC(=O)Nc2nc(OC)cc(OC)n2)c1. The van der Waals surface area contributed by atoms with Crippen LogP contribution in [0.1, 0.15) is 5.56 Å². The van der Waals surface area contributed by atoms with Gasteiger partial charge in [0.1, 0.15) is 0 Å². The number of carbonyl (C=O) groups is 2. The van der Waals surface area contributed by atoms with E-state index in [0.717, 1.165) is 0 Å². The monoisotopic (exact) mass is 424 g/mol. The maximum Gasteiger partial charge on any atom is 0.335 e. The second-order valence-corrected chi connectivity index (χ2v) is 7.17. The molecule has 12 nitrogen and oxygen atoms in total. The molecule has 0 aliphatic heterocycles. The highest BCUT2D eigenvalue weighted by Gasteiger charge is 2.21. The molecule has 156 valence electrons. The van der Waals surface area contributed by atoms with Crippen molar-refractivity contribution in [3.63, 3.8) is 0 Å². The molecule has 29 heavy (non-hydrogen) atoms. The van der Waals surface area contributed by atoms with Crippen molar-refractivity contribution >= 4 is 33.7 Å². The fourth-order valence-electron chi connectivity index (χ4n) is 2.13. The number of aryl methyl sites for hydroxylation is 1. The van der Waals surface area contributed by atoms with Crippen molar-refractivity contribution in [3.05, 3.63) is 29.8 Å². The Morgan fingerprint density at radius 1 is 0.966 bits per heavy atom. The zero-order valence-corrected chi connectivity index (χ0v) is 16.9. The molecule has 1 heterocycles. The van der Waals surface area contributed by atoms with E-state index in [2.05, 4.69) is 25.9 Å². The number of nitrogens with zero attached hydrogens (tertiary/aromatic N) is 2. The Morgan fingerprint density at radius 3 is 2.14 bits per heavy atom. The zero-order valence-electron chi connectivity index (χ0n) is 16.1. The minimum absolute atomic E-state index is 0.110. The zero-order chi connectivity index (χ0) is 21.6. The fourth-order valence-corrected chi connectivity index (χ4v) is 3.31. The van der Waals surface area contributed by atoms with E-state index < -0.39 is 22.1 Å². The lowest BCUT2D eigenvalue weighted by atomic mass is 10.2. The molecule has 4 amide bonds. The summed E-state index contributed by atoms with van der Waals surface area (Å²) in [6, 6.07) is 4.02. The van der Waals surface area contributed by atoms with E-state index in [0.29, 0.717) is 5.56 Å². The van der Waals surface area contributed by atoms with Crippen LogP contribution in [0.15, 0.2) is 29.2 Å². The molecule has 0 spiro atoms. The Morgan fingerprint density at radius 2 is 1.59 bits per heavy atom. The number of urea groups is 2. The molecule has 1 aromatic carbocycles. The van der Waals surface area contributed by atoms with Crippen LogP contribution >= 0.6 is 0 Å². The average molecular weight is 424 g/mol. The number of aromatic nitrogens is 2. The van der Waals surface area contributed by atoms with Crippen molar-refractivity contribution in [3.8, 4) is 11.8 Å². The molecular formula is C16H20N6O6S. The molecule has 0 aliphatic rings. The lowest BCUT2D eigenvalue weighted by Crippen LogP contribution is -2.35. The van der Waals surface area contributed by atoms with Crippen LogP contribution in [0, 0.1) is 6.92 Å². The molecular weight excluding hydrogens is 404 g/mol. The Hall–Kier alpha value is -3.61. The summed E-state index contributed by atoms with van der Waals surface area (Å²) in [5, 5.41) is 7.01. The van der Waals surface area contributed by atoms with E-state index in [-0.39, 0.29) is 28.3 Å². The topological polar surface area (TPSA) is 161 Å². The molecule has 0 saturated heterocycles. The van der Waals surface area contributed by atoms with E-state index >= 15 is 0 Å². The summed E-state index contributed by atoms with van der Waals surface area (Å²) >= 11 is 0. The summed E-state index contributed by atoms with van der Waals surface area (Å²) in [6.07, 6.45) is 0. The van der Waals surface area contributed by atoms with Gasteiger partial charge in [0.2, 0.25) is 17.7 Å². The normalized spacial score (nSPS) is 10.6. The van der Waals surface area contributed by atoms with Crippen molar-refractivity contribution in [2.24, 2.45) is 0 Å². The van der Waals surface area contributed by atoms with Gasteiger partial charge in [-0.15, -0.1) is 0 Å². The highest BCUT2D eigenvalue weighted by atomic mass is 32.2. The van der Waals surface area contributed by atoms with Crippen LogP contribution in [-0.2, 0) is 10.0 Å². The first kappa shape index (κ1) is 21.7. The highest BCUT2D eigenvalue weighted by molar-refractivity contribution is 7.90. The van der Waals surface area contributed by atoms with Gasteiger partial charge in [-0.25, -0.2) is 22.7 Å². The minimum atomic E-state index is -4.26. The standard InChI is InChI=1S/C16H20N6O6S/c1-9-5-6-10(18-15(23)17-2)7-11(9)29(25,26)22-16(24)21-14-19-12(27-3)8-13(20-14)28-4/h5-8H,1-4H3,(H2,17,18,23)(H2,19,20,21,22,24). The Bertz CT molecular complexity index is 1000. The number of rotatable bonds is 6. The molecule has 0 atom stereocenters. The molecule has 0 unspecified atom stereocenters. The van der Waals surface area contributed by atoms with Crippen LogP contribution in [-0.4, -0.2) is 51.7 Å². The average Bonchev–Trinajstić information content (AvgIpc) is 2.68. The summed E-state index contributed by atoms with van der Waals surface area (Å²) in [6.45, 7) is 1.55. The third-order valence-electron chi connectivity index (χ3n) is 3.51. The van der Waals surface area contributed by atoms with Crippen molar-refractivity contribution in [2.45, 2.75) is 11.8 Å². The van der Waals surface area contributed by atoms with Crippen LogP contribution < -0.4 is 30.1 Å². The van der Waals surface area contributed by atoms with Crippen molar-refractivity contribution in [2.75, 3.05) is 31.9 Å². The predicted octanol–water partition coefficient (Wildman–Crippen LogP) is 1.06. The smallest absolute Gasteiger partial charge is 0.335 e. The quantitative estimate of drug-likeness (QED) is 0.535. The summed E-state index contributed by atoms with van der Waals surface area (Å²) in [5.41, 5.74) is 0.601. The van der Waals surface area contributed by atoms with Gasteiger partial charge in [-0.2, -0.15) is 9.97 Å². The van der Waals surface area contributed by atoms with E-state index in [4.69, 9.17) is 9.47 Å². The summed E-state index contributed by atoms with van der Waals surface area (Å²) < 4.78 is 37.0. The Labute approximate surface area is 167 Å². The number of nitrogens with one attached hydrogen (secondary N) is 4. The summed E-state index contributed by atoms with van der Waals surface area (Å²) in [5.74, 6) is -0.00156. The number of amides is 4. The van der Waals surface area contributed by atoms with Crippen molar-refractivity contribution in [1.82, 2.24) is 20.0 Å². The molecule has 2 aromatic rings. The van der Waals surface area contributed by atoms with Gasteiger partial charge < -0.3 is 20.1 Å². The number of hydrogen-bond acceptors (Lipinski definition) is 8. The number of sulfonamides is 1. The first-order valence-electron chi connectivity index (χ1n) is 8.08. The van der Waals surface area contributed by atoms with Crippen molar-refractivity contribution < 1.29 is 27.5 Å². The molecule has 4 N–H and O–H groups in total. The van der Waals surface area contributed by atoms with Crippen molar-refractivity contribution in [1.29, 1.82) is 0 Å². The third kappa shape index (κ3) is 5.68. The second-order valence-electron chi connectivity index (χ2n) is 5.52. The molecule has 0 saturated carbocycles. The number of ether oxygens (including phenoxy) is 2. The molecule has 2 rings (SSSR count). The van der Waals surface area contributed by atoms with Gasteiger partial charge >= 0.3 is 12.1 Å². The number of methoxy groups -OCH3 is 2. The minimum Gasteiger partial charge on any atom is -0.481 e. The van der Waals surface area contributed by atoms with E-state index in [1.807, 2.05) is 4.72 Å². The Kier molecular flexibility index (Phi) is 6.77. The lowest BCUT2D eigenvalue weighted by molar-refractivity contribution is 0.253. The largest absolute Gasteiger partial charge is 0.481 e. The van der Waals surface area contributed by atoms with Crippen LogP contribution in [0.5, 0.6) is 11.8 Å². The summed E-state index contributed by atoms with van der Waals surface area (Å²) in [7, 11) is -0.119. The number of benzene rings is 1. The van der Waals surface area contributed by atoms with Crippen LogP contribution in [0.25, 0.3) is 0 Å². The van der Waals surface area contributed by atoms with Crippen LogP contribution in [0.2, 0.25) is 0 Å². The van der Waals surface area contributed by atoms with E-state index in [9.17, 15) is 18.0 Å². The van der Waals surface area contributed by atoms with Crippen LogP contribution in [0.3, 0.4) is 0 Å². The van der Waals surface area contributed by atoms with Gasteiger partial charge in [-0.3, -0.25) is 5.32 Å². The highest BCUT2D eigenvalue weighted by Crippen LogP contribution is 2.21. The lowest BCUT2D eigenvalue weighted by Gasteiger charge is -2.12.